The Morgan fingerprint density at radius 2 is 2.10 bits per heavy atom. The first-order chi connectivity index (χ1) is 14.3. The molecule has 30 heavy (non-hydrogen) atoms. The largest absolute Gasteiger partial charge is 0.487 e. The summed E-state index contributed by atoms with van der Waals surface area (Å²) in [4.78, 5) is 20.8. The molecule has 2 atom stereocenters. The molecule has 1 aromatic carbocycles. The van der Waals surface area contributed by atoms with Crippen LogP contribution < -0.4 is 15.4 Å². The lowest BCUT2D eigenvalue weighted by Gasteiger charge is -2.38. The molecule has 0 aliphatic carbocycles. The van der Waals surface area contributed by atoms with Crippen molar-refractivity contribution in [3.63, 3.8) is 0 Å². The summed E-state index contributed by atoms with van der Waals surface area (Å²) in [7, 11) is 5.48. The molecule has 2 heterocycles. The Bertz CT molecular complexity index is 762. The molecule has 0 bridgehead atoms. The number of hydrogen-bond donors (Lipinski definition) is 2. The summed E-state index contributed by atoms with van der Waals surface area (Å²) in [6.07, 6.45) is 3.90. The number of likely N-dealkylation sites (N-methyl/N-ethyl adjacent to an activating group) is 1. The smallest absolute Gasteiger partial charge is 0.239 e. The number of guanidine groups is 1. The zero-order chi connectivity index (χ0) is 21.7. The first-order valence-corrected chi connectivity index (χ1v) is 11.0. The second kappa shape index (κ2) is 9.69. The average molecular weight is 416 g/mol. The molecule has 1 saturated heterocycles. The zero-order valence-electron chi connectivity index (χ0n) is 19.1. The third-order valence-electron chi connectivity index (χ3n) is 5.91. The van der Waals surface area contributed by atoms with Crippen LogP contribution in [0, 0.1) is 0 Å². The minimum Gasteiger partial charge on any atom is -0.487 e. The van der Waals surface area contributed by atoms with Crippen LogP contribution in [-0.2, 0) is 4.79 Å². The van der Waals surface area contributed by atoms with Crippen LogP contribution in [0.3, 0.4) is 0 Å². The Kier molecular flexibility index (Phi) is 7.23. The summed E-state index contributed by atoms with van der Waals surface area (Å²) in [6.45, 7) is 6.98. The van der Waals surface area contributed by atoms with Gasteiger partial charge in [-0.2, -0.15) is 0 Å². The summed E-state index contributed by atoms with van der Waals surface area (Å²) >= 11 is 0. The lowest BCUT2D eigenvalue weighted by Crippen LogP contribution is -2.46. The number of nitrogens with zero attached hydrogens (tertiary/aromatic N) is 3. The lowest BCUT2D eigenvalue weighted by atomic mass is 9.90. The molecular formula is C23H37N5O2. The normalized spacial score (nSPS) is 23.4. The summed E-state index contributed by atoms with van der Waals surface area (Å²) in [5.41, 5.74) is 0.941. The highest BCUT2D eigenvalue weighted by atomic mass is 16.5. The zero-order valence-corrected chi connectivity index (χ0v) is 19.1. The number of carbonyl (C=O) groups excluding carboxylic acids is 1. The van der Waals surface area contributed by atoms with Crippen LogP contribution in [0.2, 0.25) is 0 Å². The van der Waals surface area contributed by atoms with E-state index in [-0.39, 0.29) is 23.6 Å². The van der Waals surface area contributed by atoms with Crippen molar-refractivity contribution in [3.05, 3.63) is 29.8 Å². The maximum absolute atomic E-state index is 12.3. The quantitative estimate of drug-likeness (QED) is 0.424. The molecule has 1 aromatic rings. The van der Waals surface area contributed by atoms with Gasteiger partial charge in [-0.3, -0.25) is 14.7 Å². The molecular weight excluding hydrogens is 378 g/mol. The van der Waals surface area contributed by atoms with Crippen molar-refractivity contribution < 1.29 is 9.53 Å². The van der Waals surface area contributed by atoms with E-state index in [4.69, 9.17) is 4.74 Å². The van der Waals surface area contributed by atoms with Crippen LogP contribution in [0.4, 0.5) is 0 Å². The summed E-state index contributed by atoms with van der Waals surface area (Å²) in [5, 5.41) is 7.01. The summed E-state index contributed by atoms with van der Waals surface area (Å²) in [5.74, 6) is 1.96. The number of ether oxygens (including phenoxy) is 1. The Morgan fingerprint density at radius 1 is 1.33 bits per heavy atom. The number of carbonyl (C=O) groups is 1. The average Bonchev–Trinajstić information content (AvgIpc) is 3.17. The molecule has 2 unspecified atom stereocenters. The van der Waals surface area contributed by atoms with Gasteiger partial charge in [-0.1, -0.05) is 18.2 Å². The van der Waals surface area contributed by atoms with Crippen molar-refractivity contribution in [2.45, 2.75) is 57.2 Å². The van der Waals surface area contributed by atoms with E-state index in [1.165, 1.54) is 5.56 Å². The van der Waals surface area contributed by atoms with Gasteiger partial charge < -0.3 is 20.3 Å². The molecule has 0 spiro atoms. The molecule has 1 fully saturated rings. The molecule has 0 aromatic heterocycles. The molecule has 2 N–H and O–H groups in total. The summed E-state index contributed by atoms with van der Waals surface area (Å²) < 4.78 is 6.13. The van der Waals surface area contributed by atoms with Crippen LogP contribution in [0.5, 0.6) is 5.75 Å². The molecule has 2 aliphatic rings. The van der Waals surface area contributed by atoms with Gasteiger partial charge in [0.2, 0.25) is 5.91 Å². The van der Waals surface area contributed by atoms with Gasteiger partial charge in [-0.25, -0.2) is 0 Å². The SMILES string of the molecule is CN=C(NCCCN1CCCC1C(=O)N(C)C)NC1CC(C)(C)Oc2ccccc21. The third kappa shape index (κ3) is 5.45. The van der Waals surface area contributed by atoms with Gasteiger partial charge >= 0.3 is 0 Å². The van der Waals surface area contributed by atoms with E-state index in [1.54, 1.807) is 11.9 Å². The molecule has 1 amide bonds. The first-order valence-electron chi connectivity index (χ1n) is 11.0. The van der Waals surface area contributed by atoms with Gasteiger partial charge in [0.25, 0.3) is 0 Å². The molecule has 7 heteroatoms. The Hall–Kier alpha value is -2.28. The van der Waals surface area contributed by atoms with Crippen molar-refractivity contribution in [2.24, 2.45) is 4.99 Å². The number of hydrogen-bond acceptors (Lipinski definition) is 4. The predicted octanol–water partition coefficient (Wildman–Crippen LogP) is 2.40. The van der Waals surface area contributed by atoms with Crippen molar-refractivity contribution in [1.82, 2.24) is 20.4 Å². The highest BCUT2D eigenvalue weighted by Gasteiger charge is 2.34. The summed E-state index contributed by atoms with van der Waals surface area (Å²) in [6, 6.07) is 8.40. The number of para-hydroxylation sites is 1. The van der Waals surface area contributed by atoms with Crippen molar-refractivity contribution in [1.29, 1.82) is 0 Å². The van der Waals surface area contributed by atoms with E-state index >= 15 is 0 Å². The van der Waals surface area contributed by atoms with Crippen LogP contribution in [0.1, 0.15) is 51.1 Å². The number of aliphatic imine (C=N–C) groups is 1. The fourth-order valence-corrected chi connectivity index (χ4v) is 4.45. The highest BCUT2D eigenvalue weighted by Crippen LogP contribution is 2.39. The van der Waals surface area contributed by atoms with Crippen LogP contribution in [0.25, 0.3) is 0 Å². The van der Waals surface area contributed by atoms with Crippen molar-refractivity contribution in [3.8, 4) is 5.75 Å². The molecule has 7 nitrogen and oxygen atoms in total. The van der Waals surface area contributed by atoms with Gasteiger partial charge in [0, 0.05) is 46.2 Å². The molecule has 0 radical (unpaired) electrons. The number of rotatable bonds is 6. The monoisotopic (exact) mass is 415 g/mol. The third-order valence-corrected chi connectivity index (χ3v) is 5.91. The van der Waals surface area contributed by atoms with E-state index in [0.29, 0.717) is 0 Å². The van der Waals surface area contributed by atoms with Crippen LogP contribution >= 0.6 is 0 Å². The number of amides is 1. The van der Waals surface area contributed by atoms with Crippen LogP contribution in [-0.4, -0.2) is 74.1 Å². The van der Waals surface area contributed by atoms with E-state index < -0.39 is 0 Å². The van der Waals surface area contributed by atoms with E-state index in [0.717, 1.165) is 57.0 Å². The fourth-order valence-electron chi connectivity index (χ4n) is 4.45. The minimum atomic E-state index is -0.228. The second-order valence-corrected chi connectivity index (χ2v) is 9.08. The van der Waals surface area contributed by atoms with Gasteiger partial charge in [0.1, 0.15) is 11.4 Å². The van der Waals surface area contributed by atoms with E-state index in [9.17, 15) is 4.79 Å². The minimum absolute atomic E-state index is 0.0402. The first kappa shape index (κ1) is 22.4. The predicted molar refractivity (Wildman–Crippen MR) is 121 cm³/mol. The maximum Gasteiger partial charge on any atom is 0.239 e. The Labute approximate surface area is 180 Å². The standard InChI is InChI=1S/C23H37N5O2/c1-23(2)16-18(17-10-6-7-12-20(17)30-23)26-22(24-3)25-13-9-15-28-14-8-11-19(28)21(29)27(4)5/h6-7,10,12,18-19H,8-9,11,13-16H2,1-5H3,(H2,24,25,26). The fraction of sp³-hybridized carbons (Fsp3) is 0.652. The van der Waals surface area contributed by atoms with Gasteiger partial charge in [0.15, 0.2) is 5.96 Å². The second-order valence-electron chi connectivity index (χ2n) is 9.08. The Balaban J connectivity index is 1.50. The molecule has 3 rings (SSSR count). The topological polar surface area (TPSA) is 69.2 Å². The highest BCUT2D eigenvalue weighted by molar-refractivity contribution is 5.81. The van der Waals surface area contributed by atoms with Gasteiger partial charge in [-0.05, 0) is 45.7 Å². The number of fused-ring (bicyclic) bond motifs is 1. The van der Waals surface area contributed by atoms with Crippen LogP contribution in [0.15, 0.2) is 29.3 Å². The molecule has 166 valence electrons. The molecule has 2 aliphatic heterocycles. The Morgan fingerprint density at radius 3 is 2.83 bits per heavy atom. The molecule has 0 saturated carbocycles. The van der Waals surface area contributed by atoms with Crippen molar-refractivity contribution in [2.75, 3.05) is 40.8 Å². The van der Waals surface area contributed by atoms with Crippen molar-refractivity contribution >= 4 is 11.9 Å². The maximum atomic E-state index is 12.3. The lowest BCUT2D eigenvalue weighted by molar-refractivity contribution is -0.133. The van der Waals surface area contributed by atoms with Gasteiger partial charge in [-0.15, -0.1) is 0 Å². The number of benzene rings is 1. The number of nitrogens with one attached hydrogen (secondary N) is 2. The van der Waals surface area contributed by atoms with Gasteiger partial charge in [0.05, 0.1) is 12.1 Å². The van der Waals surface area contributed by atoms with E-state index in [1.807, 2.05) is 32.3 Å². The van der Waals surface area contributed by atoms with E-state index in [2.05, 4.69) is 40.4 Å². The number of likely N-dealkylation sites (tertiary alicyclic amines) is 1.